The van der Waals surface area contributed by atoms with Gasteiger partial charge in [-0.05, 0) is 81.0 Å². The van der Waals surface area contributed by atoms with Crippen molar-refractivity contribution >= 4 is 27.5 Å². The molecule has 1 amide bonds. The average molecular weight is 537 g/mol. The minimum absolute atomic E-state index is 0.0204. The molecule has 1 aromatic rings. The second-order valence-corrected chi connectivity index (χ2v) is 13.5. The number of sulfonamides is 1. The summed E-state index contributed by atoms with van der Waals surface area (Å²) in [6.45, 7) is 4.98. The maximum Gasteiger partial charge on any atom is 0.243 e. The first-order valence-electron chi connectivity index (χ1n) is 13.4. The monoisotopic (exact) mass is 536 g/mol. The molecule has 3 atom stereocenters. The average Bonchev–Trinajstić information content (AvgIpc) is 3.79. The zero-order chi connectivity index (χ0) is 25.5. The lowest BCUT2D eigenvalue weighted by Gasteiger charge is -2.46. The van der Waals surface area contributed by atoms with Crippen LogP contribution in [0.3, 0.4) is 0 Å². The SMILES string of the molecule is C[C@H]1CN(C(=O)CC2([C@H]3CCC[C@@H](C4CC4)N3S(=O)(=O)c3ccc(Cl)cc3)CC2)CCN1CCN=O. The van der Waals surface area contributed by atoms with Crippen LogP contribution in [0.5, 0.6) is 0 Å². The highest BCUT2D eigenvalue weighted by Gasteiger charge is 2.58. The number of nitrogens with zero attached hydrogens (tertiary/aromatic N) is 4. The Labute approximate surface area is 219 Å². The van der Waals surface area contributed by atoms with Crippen LogP contribution in [-0.2, 0) is 14.8 Å². The van der Waals surface area contributed by atoms with Crippen LogP contribution in [0.25, 0.3) is 0 Å². The molecule has 2 heterocycles. The normalized spacial score (nSPS) is 29.2. The molecular weight excluding hydrogens is 500 g/mol. The van der Waals surface area contributed by atoms with Crippen molar-refractivity contribution in [3.8, 4) is 0 Å². The highest BCUT2D eigenvalue weighted by molar-refractivity contribution is 7.89. The first kappa shape index (κ1) is 26.1. The molecule has 36 heavy (non-hydrogen) atoms. The van der Waals surface area contributed by atoms with E-state index in [1.807, 2.05) is 9.21 Å². The number of piperazine rings is 1. The molecule has 8 nitrogen and oxygen atoms in total. The van der Waals surface area contributed by atoms with Crippen LogP contribution in [0, 0.1) is 16.2 Å². The highest BCUT2D eigenvalue weighted by atomic mass is 35.5. The van der Waals surface area contributed by atoms with Crippen molar-refractivity contribution in [1.29, 1.82) is 0 Å². The molecule has 198 valence electrons. The van der Waals surface area contributed by atoms with Crippen molar-refractivity contribution in [2.45, 2.75) is 81.3 Å². The van der Waals surface area contributed by atoms with Gasteiger partial charge in [0.2, 0.25) is 15.9 Å². The van der Waals surface area contributed by atoms with E-state index < -0.39 is 10.0 Å². The smallest absolute Gasteiger partial charge is 0.243 e. The molecule has 2 aliphatic heterocycles. The molecule has 0 spiro atoms. The maximum atomic E-state index is 14.0. The molecule has 0 aromatic heterocycles. The Morgan fingerprint density at radius 2 is 1.83 bits per heavy atom. The second kappa shape index (κ2) is 10.3. The van der Waals surface area contributed by atoms with E-state index in [-0.39, 0.29) is 36.0 Å². The predicted octanol–water partition coefficient (Wildman–Crippen LogP) is 4.13. The number of hydrogen-bond donors (Lipinski definition) is 0. The zero-order valence-electron chi connectivity index (χ0n) is 21.0. The standard InChI is InChI=1S/C26H37ClN4O4S/c1-19-18-30(16-15-29(19)14-13-28-33)25(32)17-26(11-12-26)24-4-2-3-23(20-5-6-20)31(24)36(34,35)22-9-7-21(27)8-10-22/h7-10,19-20,23-24H,2-6,11-18H2,1H3/t19-,23-,24+/m0/s1. The molecule has 0 unspecified atom stereocenters. The number of benzene rings is 1. The van der Waals surface area contributed by atoms with Gasteiger partial charge in [0.05, 0.1) is 11.4 Å². The fourth-order valence-corrected chi connectivity index (χ4v) is 8.65. The number of piperidine rings is 1. The Bertz CT molecular complexity index is 1070. The van der Waals surface area contributed by atoms with Gasteiger partial charge in [-0.15, -0.1) is 0 Å². The van der Waals surface area contributed by atoms with Crippen LogP contribution in [0.1, 0.15) is 58.3 Å². The highest BCUT2D eigenvalue weighted by Crippen LogP contribution is 2.58. The molecule has 2 saturated carbocycles. The lowest BCUT2D eigenvalue weighted by Crippen LogP contribution is -2.56. The van der Waals surface area contributed by atoms with Crippen molar-refractivity contribution in [2.24, 2.45) is 16.5 Å². The summed E-state index contributed by atoms with van der Waals surface area (Å²) in [7, 11) is -3.70. The molecule has 5 rings (SSSR count). The van der Waals surface area contributed by atoms with Gasteiger partial charge in [-0.3, -0.25) is 9.69 Å². The van der Waals surface area contributed by atoms with Crippen LogP contribution in [0.15, 0.2) is 34.3 Å². The third-order valence-electron chi connectivity index (χ3n) is 8.87. The minimum Gasteiger partial charge on any atom is -0.340 e. The van der Waals surface area contributed by atoms with Crippen LogP contribution in [0.2, 0.25) is 5.02 Å². The van der Waals surface area contributed by atoms with Crippen LogP contribution in [0.4, 0.5) is 0 Å². The molecule has 2 saturated heterocycles. The molecule has 4 fully saturated rings. The number of halogens is 1. The van der Waals surface area contributed by atoms with Gasteiger partial charge in [0.1, 0.15) is 0 Å². The van der Waals surface area contributed by atoms with E-state index in [4.69, 9.17) is 11.6 Å². The van der Waals surface area contributed by atoms with E-state index in [0.717, 1.165) is 51.5 Å². The Morgan fingerprint density at radius 3 is 2.44 bits per heavy atom. The summed E-state index contributed by atoms with van der Waals surface area (Å²) in [5.41, 5.74) is -0.272. The first-order chi connectivity index (χ1) is 17.2. The number of amides is 1. The van der Waals surface area contributed by atoms with Gasteiger partial charge < -0.3 is 4.90 Å². The van der Waals surface area contributed by atoms with E-state index in [1.165, 1.54) is 0 Å². The summed E-state index contributed by atoms with van der Waals surface area (Å²) in [5, 5.41) is 3.49. The summed E-state index contributed by atoms with van der Waals surface area (Å²) < 4.78 is 29.9. The number of rotatable bonds is 9. The van der Waals surface area contributed by atoms with E-state index in [0.29, 0.717) is 41.9 Å². The molecule has 4 aliphatic rings. The van der Waals surface area contributed by atoms with E-state index in [9.17, 15) is 18.1 Å². The van der Waals surface area contributed by atoms with Gasteiger partial charge in [-0.1, -0.05) is 23.2 Å². The van der Waals surface area contributed by atoms with Crippen molar-refractivity contribution in [1.82, 2.24) is 14.1 Å². The summed E-state index contributed by atoms with van der Waals surface area (Å²) >= 11 is 6.05. The van der Waals surface area contributed by atoms with Crippen LogP contribution < -0.4 is 0 Å². The van der Waals surface area contributed by atoms with Gasteiger partial charge in [0.15, 0.2) is 0 Å². The minimum atomic E-state index is -3.70. The van der Waals surface area contributed by atoms with Gasteiger partial charge in [0, 0.05) is 55.7 Å². The third kappa shape index (κ3) is 5.22. The van der Waals surface area contributed by atoms with Crippen molar-refractivity contribution < 1.29 is 13.2 Å². The summed E-state index contributed by atoms with van der Waals surface area (Å²) in [5.74, 6) is 0.557. The molecule has 0 N–H and O–H groups in total. The Morgan fingerprint density at radius 1 is 1.11 bits per heavy atom. The van der Waals surface area contributed by atoms with Crippen molar-refractivity contribution in [2.75, 3.05) is 32.7 Å². The Balaban J connectivity index is 1.35. The second-order valence-electron chi connectivity index (χ2n) is 11.3. The zero-order valence-corrected chi connectivity index (χ0v) is 22.6. The number of carbonyl (C=O) groups is 1. The largest absolute Gasteiger partial charge is 0.340 e. The lowest BCUT2D eigenvalue weighted by atomic mass is 9.83. The summed E-state index contributed by atoms with van der Waals surface area (Å²) in [6.07, 6.45) is 7.08. The number of hydrogen-bond acceptors (Lipinski definition) is 6. The van der Waals surface area contributed by atoms with Crippen molar-refractivity contribution in [3.63, 3.8) is 0 Å². The Kier molecular flexibility index (Phi) is 7.47. The fraction of sp³-hybridized carbons (Fsp3) is 0.731. The number of carbonyl (C=O) groups excluding carboxylic acids is 1. The van der Waals surface area contributed by atoms with Gasteiger partial charge >= 0.3 is 0 Å². The fourth-order valence-electron chi connectivity index (χ4n) is 6.51. The number of nitroso groups, excluding NO2 is 1. The van der Waals surface area contributed by atoms with Crippen LogP contribution in [-0.4, -0.2) is 79.3 Å². The molecule has 2 aliphatic carbocycles. The quantitative estimate of drug-likeness (QED) is 0.443. The van der Waals surface area contributed by atoms with Gasteiger partial charge in [-0.25, -0.2) is 8.42 Å². The van der Waals surface area contributed by atoms with Crippen LogP contribution >= 0.6 is 11.6 Å². The Hall–Kier alpha value is -1.55. The first-order valence-corrected chi connectivity index (χ1v) is 15.2. The molecular formula is C26H37ClN4O4S. The predicted molar refractivity (Wildman–Crippen MR) is 139 cm³/mol. The molecule has 10 heteroatoms. The summed E-state index contributed by atoms with van der Waals surface area (Å²) in [4.78, 5) is 28.5. The van der Waals surface area contributed by atoms with Crippen molar-refractivity contribution in [3.05, 3.63) is 34.2 Å². The summed E-state index contributed by atoms with van der Waals surface area (Å²) in [6, 6.07) is 6.56. The van der Waals surface area contributed by atoms with E-state index in [1.54, 1.807) is 24.3 Å². The van der Waals surface area contributed by atoms with Gasteiger partial charge in [-0.2, -0.15) is 9.21 Å². The van der Waals surface area contributed by atoms with E-state index in [2.05, 4.69) is 17.0 Å². The lowest BCUT2D eigenvalue weighted by molar-refractivity contribution is -0.136. The maximum absolute atomic E-state index is 14.0. The molecule has 0 radical (unpaired) electrons. The van der Waals surface area contributed by atoms with E-state index >= 15 is 0 Å². The van der Waals surface area contributed by atoms with Gasteiger partial charge in [0.25, 0.3) is 0 Å². The molecule has 0 bridgehead atoms. The third-order valence-corrected chi connectivity index (χ3v) is 11.1. The topological polar surface area (TPSA) is 90.4 Å². The molecule has 1 aromatic carbocycles.